The number of carbonyl (C=O) groups excluding carboxylic acids is 3. The zero-order valence-corrected chi connectivity index (χ0v) is 20.0. The van der Waals surface area contributed by atoms with E-state index in [0.717, 1.165) is 36.1 Å². The smallest absolute Gasteiger partial charge is 0.328 e. The number of carbonyl (C=O) groups is 3. The van der Waals surface area contributed by atoms with Gasteiger partial charge in [-0.2, -0.15) is 0 Å². The normalized spacial score (nSPS) is 14.8. The minimum atomic E-state index is -0.745. The van der Waals surface area contributed by atoms with Crippen LogP contribution in [-0.4, -0.2) is 56.0 Å². The largest absolute Gasteiger partial charge is 0.497 e. The lowest BCUT2D eigenvalue weighted by Crippen LogP contribution is -2.44. The Kier molecular flexibility index (Phi) is 9.50. The van der Waals surface area contributed by atoms with E-state index >= 15 is 0 Å². The molecule has 7 nitrogen and oxygen atoms in total. The number of hydrogen-bond acceptors (Lipinski definition) is 5. The SMILES string of the molecule is COC(=O)C(Cc1ccc(OC)cc1)NC(=O)CC1CCN(C(=O)CCc2ccccc2)CC1. The van der Waals surface area contributed by atoms with Crippen molar-refractivity contribution < 1.29 is 23.9 Å². The van der Waals surface area contributed by atoms with Crippen molar-refractivity contribution >= 4 is 17.8 Å². The molecule has 2 aromatic rings. The molecule has 1 N–H and O–H groups in total. The van der Waals surface area contributed by atoms with Crippen molar-refractivity contribution in [3.05, 3.63) is 65.7 Å². The Morgan fingerprint density at radius 1 is 0.971 bits per heavy atom. The van der Waals surface area contributed by atoms with Gasteiger partial charge in [-0.3, -0.25) is 9.59 Å². The number of nitrogens with one attached hydrogen (secondary N) is 1. The molecule has 1 heterocycles. The number of esters is 1. The molecule has 2 amide bonds. The standard InChI is InChI=1S/C27H34N2O5/c1-33-23-11-8-21(9-12-23)18-24(27(32)34-2)28-25(30)19-22-14-16-29(17-15-22)26(31)13-10-20-6-4-3-5-7-20/h3-9,11-12,22,24H,10,13-19H2,1-2H3,(H,28,30). The molecule has 0 radical (unpaired) electrons. The molecule has 0 bridgehead atoms. The molecule has 2 aromatic carbocycles. The van der Waals surface area contributed by atoms with Gasteiger partial charge in [0.2, 0.25) is 11.8 Å². The topological polar surface area (TPSA) is 84.9 Å². The van der Waals surface area contributed by atoms with Gasteiger partial charge < -0.3 is 19.7 Å². The van der Waals surface area contributed by atoms with Gasteiger partial charge >= 0.3 is 5.97 Å². The van der Waals surface area contributed by atoms with Crippen LogP contribution in [0.3, 0.4) is 0 Å². The van der Waals surface area contributed by atoms with E-state index in [1.165, 1.54) is 7.11 Å². The third-order valence-electron chi connectivity index (χ3n) is 6.33. The summed E-state index contributed by atoms with van der Waals surface area (Å²) in [6.45, 7) is 1.33. The molecule has 0 aromatic heterocycles. The first-order valence-electron chi connectivity index (χ1n) is 11.8. The van der Waals surface area contributed by atoms with E-state index in [4.69, 9.17) is 9.47 Å². The summed E-state index contributed by atoms with van der Waals surface area (Å²) in [4.78, 5) is 39.4. The predicted octanol–water partition coefficient (Wildman–Crippen LogP) is 3.16. The summed E-state index contributed by atoms with van der Waals surface area (Å²) in [6, 6.07) is 16.6. The Morgan fingerprint density at radius 3 is 2.26 bits per heavy atom. The van der Waals surface area contributed by atoms with E-state index < -0.39 is 12.0 Å². The maximum atomic E-state index is 12.7. The number of aryl methyl sites for hydroxylation is 1. The molecular weight excluding hydrogens is 432 g/mol. The highest BCUT2D eigenvalue weighted by molar-refractivity contribution is 5.84. The number of likely N-dealkylation sites (tertiary alicyclic amines) is 1. The van der Waals surface area contributed by atoms with Gasteiger partial charge in [0, 0.05) is 32.4 Å². The predicted molar refractivity (Wildman–Crippen MR) is 129 cm³/mol. The molecular formula is C27H34N2O5. The molecule has 182 valence electrons. The summed E-state index contributed by atoms with van der Waals surface area (Å²) < 4.78 is 10.1. The van der Waals surface area contributed by atoms with Crippen LogP contribution in [0.1, 0.15) is 36.8 Å². The molecule has 1 aliphatic rings. The van der Waals surface area contributed by atoms with E-state index in [1.54, 1.807) is 7.11 Å². The maximum Gasteiger partial charge on any atom is 0.328 e. The first kappa shape index (κ1) is 25.3. The number of piperidine rings is 1. The average Bonchev–Trinajstić information content (AvgIpc) is 2.87. The maximum absolute atomic E-state index is 12.7. The lowest BCUT2D eigenvalue weighted by molar-refractivity contribution is -0.145. The Balaban J connectivity index is 1.44. The number of benzene rings is 2. The molecule has 0 saturated carbocycles. The van der Waals surface area contributed by atoms with Crippen LogP contribution in [-0.2, 0) is 32.0 Å². The Bertz CT molecular complexity index is 937. The van der Waals surface area contributed by atoms with Crippen LogP contribution in [0.2, 0.25) is 0 Å². The fraction of sp³-hybridized carbons (Fsp3) is 0.444. The first-order chi connectivity index (χ1) is 16.5. The van der Waals surface area contributed by atoms with Crippen molar-refractivity contribution in [3.63, 3.8) is 0 Å². The van der Waals surface area contributed by atoms with Crippen LogP contribution in [0.15, 0.2) is 54.6 Å². The molecule has 7 heteroatoms. The van der Waals surface area contributed by atoms with Gasteiger partial charge in [0.25, 0.3) is 0 Å². The number of amides is 2. The van der Waals surface area contributed by atoms with E-state index in [1.807, 2.05) is 59.5 Å². The van der Waals surface area contributed by atoms with Gasteiger partial charge in [0.05, 0.1) is 14.2 Å². The molecule has 0 spiro atoms. The quantitative estimate of drug-likeness (QED) is 0.544. The lowest BCUT2D eigenvalue weighted by atomic mass is 9.92. The van der Waals surface area contributed by atoms with E-state index in [2.05, 4.69) is 5.32 Å². The van der Waals surface area contributed by atoms with Crippen molar-refractivity contribution in [2.45, 2.75) is 44.6 Å². The number of hydrogen-bond donors (Lipinski definition) is 1. The fourth-order valence-corrected chi connectivity index (χ4v) is 4.29. The molecule has 0 aliphatic carbocycles. The molecule has 1 aliphatic heterocycles. The molecule has 1 unspecified atom stereocenters. The van der Waals surface area contributed by atoms with Crippen molar-refractivity contribution in [1.82, 2.24) is 10.2 Å². The van der Waals surface area contributed by atoms with E-state index in [0.29, 0.717) is 32.4 Å². The monoisotopic (exact) mass is 466 g/mol. The minimum absolute atomic E-state index is 0.164. The van der Waals surface area contributed by atoms with Crippen molar-refractivity contribution in [2.75, 3.05) is 27.3 Å². The van der Waals surface area contributed by atoms with Gasteiger partial charge in [0.15, 0.2) is 0 Å². The lowest BCUT2D eigenvalue weighted by Gasteiger charge is -2.32. The zero-order chi connectivity index (χ0) is 24.3. The van der Waals surface area contributed by atoms with E-state index in [9.17, 15) is 14.4 Å². The fourth-order valence-electron chi connectivity index (χ4n) is 4.29. The second-order valence-electron chi connectivity index (χ2n) is 8.71. The van der Waals surface area contributed by atoms with Crippen molar-refractivity contribution in [1.29, 1.82) is 0 Å². The van der Waals surface area contributed by atoms with Crippen LogP contribution in [0.25, 0.3) is 0 Å². The van der Waals surface area contributed by atoms with Crippen LogP contribution < -0.4 is 10.1 Å². The summed E-state index contributed by atoms with van der Waals surface area (Å²) in [6.07, 6.45) is 3.49. The molecule has 1 fully saturated rings. The highest BCUT2D eigenvalue weighted by Gasteiger charge is 2.27. The average molecular weight is 467 g/mol. The van der Waals surface area contributed by atoms with Gasteiger partial charge in [0.1, 0.15) is 11.8 Å². The second-order valence-corrected chi connectivity index (χ2v) is 8.71. The Morgan fingerprint density at radius 2 is 1.65 bits per heavy atom. The number of rotatable bonds is 10. The summed E-state index contributed by atoms with van der Waals surface area (Å²) in [5.41, 5.74) is 2.07. The van der Waals surface area contributed by atoms with Crippen molar-refractivity contribution in [3.8, 4) is 5.75 Å². The number of nitrogens with zero attached hydrogens (tertiary/aromatic N) is 1. The summed E-state index contributed by atoms with van der Waals surface area (Å²) in [5.74, 6) is 0.447. The minimum Gasteiger partial charge on any atom is -0.497 e. The molecule has 1 saturated heterocycles. The first-order valence-corrected chi connectivity index (χ1v) is 11.8. The third-order valence-corrected chi connectivity index (χ3v) is 6.33. The second kappa shape index (κ2) is 12.8. The number of methoxy groups -OCH3 is 2. The van der Waals surface area contributed by atoms with Gasteiger partial charge in [-0.15, -0.1) is 0 Å². The van der Waals surface area contributed by atoms with Gasteiger partial charge in [-0.1, -0.05) is 42.5 Å². The Labute approximate surface area is 201 Å². The zero-order valence-electron chi connectivity index (χ0n) is 20.0. The third kappa shape index (κ3) is 7.61. The van der Waals surface area contributed by atoms with Crippen LogP contribution in [0, 0.1) is 5.92 Å². The molecule has 34 heavy (non-hydrogen) atoms. The van der Waals surface area contributed by atoms with Gasteiger partial charge in [-0.25, -0.2) is 4.79 Å². The summed E-state index contributed by atoms with van der Waals surface area (Å²) in [7, 11) is 2.91. The van der Waals surface area contributed by atoms with Crippen LogP contribution >= 0.6 is 0 Å². The summed E-state index contributed by atoms with van der Waals surface area (Å²) in [5, 5.41) is 2.84. The Hall–Kier alpha value is -3.35. The summed E-state index contributed by atoms with van der Waals surface area (Å²) >= 11 is 0. The molecule has 3 rings (SSSR count). The highest BCUT2D eigenvalue weighted by Crippen LogP contribution is 2.22. The van der Waals surface area contributed by atoms with Gasteiger partial charge in [-0.05, 0) is 48.4 Å². The van der Waals surface area contributed by atoms with Crippen LogP contribution in [0.4, 0.5) is 0 Å². The van der Waals surface area contributed by atoms with E-state index in [-0.39, 0.29) is 17.7 Å². The molecule has 1 atom stereocenters. The van der Waals surface area contributed by atoms with Crippen molar-refractivity contribution in [2.24, 2.45) is 5.92 Å². The van der Waals surface area contributed by atoms with Crippen LogP contribution in [0.5, 0.6) is 5.75 Å². The highest BCUT2D eigenvalue weighted by atomic mass is 16.5. The number of ether oxygens (including phenoxy) is 2.